The van der Waals surface area contributed by atoms with Crippen molar-refractivity contribution in [3.63, 3.8) is 0 Å². The van der Waals surface area contributed by atoms with Crippen molar-refractivity contribution in [3.8, 4) is 28.7 Å². The lowest BCUT2D eigenvalue weighted by molar-refractivity contribution is 0.317. The lowest BCUT2D eigenvalue weighted by Gasteiger charge is -2.32. The topological polar surface area (TPSA) is 62.6 Å². The van der Waals surface area contributed by atoms with E-state index < -0.39 is 15.1 Å². The normalized spacial score (nSPS) is 14.8. The number of fused-ring (bicyclic) bond motifs is 1. The van der Waals surface area contributed by atoms with E-state index in [4.69, 9.17) is 32.7 Å². The zero-order valence-electron chi connectivity index (χ0n) is 20.5. The number of ether oxygens (including phenoxy) is 2. The zero-order chi connectivity index (χ0) is 26.1. The Balaban J connectivity index is 1.64. The van der Waals surface area contributed by atoms with Crippen molar-refractivity contribution < 1.29 is 13.7 Å². The maximum absolute atomic E-state index is 12.6. The summed E-state index contributed by atoms with van der Waals surface area (Å²) in [7, 11) is -2.37. The molecule has 36 heavy (non-hydrogen) atoms. The molecule has 0 radical (unpaired) electrons. The van der Waals surface area contributed by atoms with Crippen LogP contribution in [0.5, 0.6) is 11.5 Å². The van der Waals surface area contributed by atoms with Crippen molar-refractivity contribution in [1.82, 2.24) is 0 Å². The predicted molar refractivity (Wildman–Crippen MR) is 150 cm³/mol. The van der Waals surface area contributed by atoms with Gasteiger partial charge < -0.3 is 9.47 Å². The Kier molecular flexibility index (Phi) is 7.47. The number of anilines is 1. The molecule has 0 amide bonds. The van der Waals surface area contributed by atoms with Gasteiger partial charge in [-0.1, -0.05) is 55.8 Å². The summed E-state index contributed by atoms with van der Waals surface area (Å²) in [6.07, 6.45) is 1.64. The Morgan fingerprint density at radius 1 is 1.14 bits per heavy atom. The fraction of sp³-hybridized carbons (Fsp3) is 0.286. The van der Waals surface area contributed by atoms with Crippen LogP contribution in [0.2, 0.25) is 5.02 Å². The number of alkyl halides is 1. The minimum atomic E-state index is -2.37. The summed E-state index contributed by atoms with van der Waals surface area (Å²) in [5, 5.41) is 10.0. The summed E-state index contributed by atoms with van der Waals surface area (Å²) in [4.78, 5) is 0. The summed E-state index contributed by atoms with van der Waals surface area (Å²) in [6, 6.07) is 20.1. The molecule has 0 bridgehead atoms. The summed E-state index contributed by atoms with van der Waals surface area (Å²) < 4.78 is 25.8. The van der Waals surface area contributed by atoms with Crippen molar-refractivity contribution in [2.45, 2.75) is 19.3 Å². The number of hydrogen-bond acceptors (Lipinski definition) is 4. The van der Waals surface area contributed by atoms with Crippen molar-refractivity contribution >= 4 is 44.5 Å². The van der Waals surface area contributed by atoms with Crippen LogP contribution in [0, 0.1) is 11.3 Å². The van der Waals surface area contributed by atoms with Crippen molar-refractivity contribution in [2.24, 2.45) is 0 Å². The molecular formula is C28H28Cl2N2O3S. The van der Waals surface area contributed by atoms with E-state index in [1.54, 1.807) is 6.26 Å². The number of benzene rings is 3. The van der Waals surface area contributed by atoms with Crippen LogP contribution in [0.25, 0.3) is 11.1 Å². The minimum Gasteiger partial charge on any atom is -0.489 e. The second-order valence-electron chi connectivity index (χ2n) is 9.28. The van der Waals surface area contributed by atoms with Gasteiger partial charge in [0.1, 0.15) is 25.0 Å². The Morgan fingerprint density at radius 3 is 2.47 bits per heavy atom. The van der Waals surface area contributed by atoms with Crippen molar-refractivity contribution in [2.75, 3.05) is 36.2 Å². The molecule has 0 spiro atoms. The number of nitriles is 1. The number of rotatable bonds is 7. The molecule has 8 heteroatoms. The van der Waals surface area contributed by atoms with Gasteiger partial charge in [-0.2, -0.15) is 5.26 Å². The lowest BCUT2D eigenvalue weighted by atomic mass is 9.77. The summed E-state index contributed by atoms with van der Waals surface area (Å²) in [5.74, 6) is 5.20. The molecule has 1 heterocycles. The summed E-state index contributed by atoms with van der Waals surface area (Å²) in [5.41, 5.74) is 4.79. The Labute approximate surface area is 223 Å². The molecule has 0 fully saturated rings. The Bertz CT molecular complexity index is 1430. The van der Waals surface area contributed by atoms with Gasteiger partial charge in [-0.25, -0.2) is 4.21 Å². The Morgan fingerprint density at radius 2 is 1.83 bits per heavy atom. The number of nitrogens with zero attached hydrogens (tertiary/aromatic N) is 2. The smallest absolute Gasteiger partial charge is 0.155 e. The summed E-state index contributed by atoms with van der Waals surface area (Å²) >= 11 is 12.2. The molecule has 0 aliphatic carbocycles. The van der Waals surface area contributed by atoms with Gasteiger partial charge in [-0.05, 0) is 52.4 Å². The third-order valence-electron chi connectivity index (χ3n) is 6.40. The third kappa shape index (κ3) is 5.15. The molecule has 4 rings (SSSR count). The molecule has 5 nitrogen and oxygen atoms in total. The van der Waals surface area contributed by atoms with E-state index in [1.807, 2.05) is 34.6 Å². The molecule has 3 aromatic rings. The van der Waals surface area contributed by atoms with Crippen LogP contribution in [0.15, 0.2) is 54.6 Å². The highest BCUT2D eigenvalue weighted by molar-refractivity contribution is 8.00. The first-order chi connectivity index (χ1) is 17.1. The second kappa shape index (κ2) is 10.3. The lowest BCUT2D eigenvalue weighted by Crippen LogP contribution is -2.36. The largest absolute Gasteiger partial charge is 0.489 e. The van der Waals surface area contributed by atoms with Gasteiger partial charge in [0.25, 0.3) is 0 Å². The predicted octanol–water partition coefficient (Wildman–Crippen LogP) is 6.28. The fourth-order valence-electron chi connectivity index (χ4n) is 4.35. The highest BCUT2D eigenvalue weighted by atomic mass is 35.5. The van der Waals surface area contributed by atoms with E-state index in [-0.39, 0.29) is 6.61 Å². The van der Waals surface area contributed by atoms with Gasteiger partial charge in [-0.3, -0.25) is 4.31 Å². The number of hydrogen-bond donors (Lipinski definition) is 0. The highest BCUT2D eigenvalue weighted by Gasteiger charge is 2.26. The first-order valence-corrected chi connectivity index (χ1v) is 14.5. The molecule has 1 atom stereocenters. The van der Waals surface area contributed by atoms with Crippen LogP contribution < -0.4 is 13.8 Å². The van der Waals surface area contributed by atoms with E-state index in [0.29, 0.717) is 41.1 Å². The van der Waals surface area contributed by atoms with Crippen molar-refractivity contribution in [1.29, 1.82) is 5.26 Å². The molecular weight excluding hydrogens is 515 g/mol. The average molecular weight is 544 g/mol. The van der Waals surface area contributed by atoms with E-state index in [2.05, 4.69) is 50.1 Å². The SMILES string of the molecule is C=S(C)(=O)N1CCOc2cc(-c3ccc(C(C)(C)c4cc(Cl)c(OCCCl)c(C#N)c4)cc3)ccc21. The van der Waals surface area contributed by atoms with Gasteiger partial charge in [0.15, 0.2) is 5.75 Å². The average Bonchev–Trinajstić information content (AvgIpc) is 2.86. The van der Waals surface area contributed by atoms with Gasteiger partial charge in [0.05, 0.1) is 28.7 Å². The minimum absolute atomic E-state index is 0.276. The molecule has 1 unspecified atom stereocenters. The van der Waals surface area contributed by atoms with Gasteiger partial charge in [-0.15, -0.1) is 11.6 Å². The molecule has 0 N–H and O–H groups in total. The van der Waals surface area contributed by atoms with Crippen LogP contribution in [0.1, 0.15) is 30.5 Å². The van der Waals surface area contributed by atoms with Gasteiger partial charge >= 0.3 is 0 Å². The van der Waals surface area contributed by atoms with Crippen LogP contribution in [0.4, 0.5) is 5.69 Å². The van der Waals surface area contributed by atoms with Gasteiger partial charge in [0, 0.05) is 21.4 Å². The van der Waals surface area contributed by atoms with E-state index in [1.165, 1.54) is 0 Å². The second-order valence-corrected chi connectivity index (χ2v) is 12.4. The number of halogens is 2. The maximum atomic E-state index is 12.6. The quantitative estimate of drug-likeness (QED) is 0.260. The van der Waals surface area contributed by atoms with Gasteiger partial charge in [0.2, 0.25) is 0 Å². The third-order valence-corrected chi connectivity index (χ3v) is 8.14. The summed E-state index contributed by atoms with van der Waals surface area (Å²) in [6.45, 7) is 5.48. The van der Waals surface area contributed by atoms with Crippen LogP contribution in [-0.4, -0.2) is 42.0 Å². The van der Waals surface area contributed by atoms with E-state index in [9.17, 15) is 9.47 Å². The molecule has 1 aliphatic rings. The molecule has 1 aliphatic heterocycles. The molecule has 0 saturated carbocycles. The van der Waals surface area contributed by atoms with Crippen LogP contribution in [0.3, 0.4) is 0 Å². The Hall–Kier alpha value is -2.85. The zero-order valence-corrected chi connectivity index (χ0v) is 22.8. The van der Waals surface area contributed by atoms with Crippen LogP contribution >= 0.6 is 23.2 Å². The first kappa shape index (κ1) is 26.2. The molecule has 188 valence electrons. The highest BCUT2D eigenvalue weighted by Crippen LogP contribution is 2.40. The monoisotopic (exact) mass is 542 g/mol. The van der Waals surface area contributed by atoms with Crippen LogP contribution in [-0.2, 0) is 15.1 Å². The molecule has 0 aromatic heterocycles. The standard InChI is InChI=1S/C28H28Cl2N2O3S/c1-28(2,23-15-21(18-31)27(24(30)17-23)35-13-11-29)22-8-5-19(6-9-22)20-7-10-25-26(16-20)34-14-12-32(25)36(3,4)33/h5-10,15-17H,3,11-14H2,1-2,4H3. The molecule has 3 aromatic carbocycles. The fourth-order valence-corrected chi connectivity index (χ4v) is 5.72. The van der Waals surface area contributed by atoms with E-state index >= 15 is 0 Å². The molecule has 0 saturated heterocycles. The maximum Gasteiger partial charge on any atom is 0.155 e. The first-order valence-electron chi connectivity index (χ1n) is 11.5. The van der Waals surface area contributed by atoms with E-state index in [0.717, 1.165) is 27.9 Å². The van der Waals surface area contributed by atoms with Crippen molar-refractivity contribution in [3.05, 3.63) is 76.3 Å².